The topological polar surface area (TPSA) is 32.3 Å². The molecule has 12 heavy (non-hydrogen) atoms. The van der Waals surface area contributed by atoms with Crippen molar-refractivity contribution in [3.05, 3.63) is 0 Å². The first-order valence-corrected chi connectivity index (χ1v) is 6.02. The normalized spacial score (nSPS) is 29.5. The average molecular weight is 189 g/mol. The minimum absolute atomic E-state index is 0.311. The zero-order valence-electron chi connectivity index (χ0n) is 7.75. The minimum atomic E-state index is 0.311. The minimum Gasteiger partial charge on any atom is -0.396 e. The van der Waals surface area contributed by atoms with Crippen molar-refractivity contribution < 1.29 is 5.11 Å². The summed E-state index contributed by atoms with van der Waals surface area (Å²) >= 11 is 1.99. The van der Waals surface area contributed by atoms with Crippen LogP contribution in [0.4, 0.5) is 0 Å². The summed E-state index contributed by atoms with van der Waals surface area (Å²) < 4.78 is 0. The van der Waals surface area contributed by atoms with E-state index in [1.165, 1.54) is 19.3 Å². The van der Waals surface area contributed by atoms with Crippen LogP contribution in [-0.2, 0) is 0 Å². The van der Waals surface area contributed by atoms with E-state index < -0.39 is 0 Å². The van der Waals surface area contributed by atoms with Gasteiger partial charge in [0.25, 0.3) is 0 Å². The molecule has 0 saturated heterocycles. The SMILES string of the molecule is CSC1CCC(NCCCO)C1. The number of rotatable bonds is 5. The maximum Gasteiger partial charge on any atom is 0.0443 e. The first kappa shape index (κ1) is 10.4. The highest BCUT2D eigenvalue weighted by molar-refractivity contribution is 7.99. The molecule has 2 nitrogen and oxygen atoms in total. The Kier molecular flexibility index (Phi) is 5.04. The fourth-order valence-corrected chi connectivity index (χ4v) is 2.52. The van der Waals surface area contributed by atoms with Crippen LogP contribution in [0.25, 0.3) is 0 Å². The van der Waals surface area contributed by atoms with Gasteiger partial charge in [0.1, 0.15) is 0 Å². The van der Waals surface area contributed by atoms with E-state index in [-0.39, 0.29) is 0 Å². The number of hydrogen-bond donors (Lipinski definition) is 2. The Morgan fingerprint density at radius 3 is 2.92 bits per heavy atom. The monoisotopic (exact) mass is 189 g/mol. The van der Waals surface area contributed by atoms with Gasteiger partial charge in [-0.1, -0.05) is 0 Å². The Balaban J connectivity index is 2.03. The summed E-state index contributed by atoms with van der Waals surface area (Å²) in [4.78, 5) is 0. The fraction of sp³-hybridized carbons (Fsp3) is 1.00. The van der Waals surface area contributed by atoms with Gasteiger partial charge in [-0.05, 0) is 38.5 Å². The van der Waals surface area contributed by atoms with Crippen LogP contribution in [0.5, 0.6) is 0 Å². The molecular weight excluding hydrogens is 170 g/mol. The van der Waals surface area contributed by atoms with Crippen LogP contribution in [0, 0.1) is 0 Å². The van der Waals surface area contributed by atoms with Gasteiger partial charge in [0, 0.05) is 17.9 Å². The molecule has 0 amide bonds. The second-order valence-electron chi connectivity index (χ2n) is 3.40. The average Bonchev–Trinajstić information content (AvgIpc) is 2.53. The number of hydrogen-bond acceptors (Lipinski definition) is 3. The van der Waals surface area contributed by atoms with E-state index in [0.29, 0.717) is 12.6 Å². The van der Waals surface area contributed by atoms with Gasteiger partial charge in [-0.2, -0.15) is 11.8 Å². The van der Waals surface area contributed by atoms with Crippen molar-refractivity contribution >= 4 is 11.8 Å². The lowest BCUT2D eigenvalue weighted by atomic mass is 10.2. The Hall–Kier alpha value is 0.270. The molecule has 1 aliphatic rings. The third-order valence-electron chi connectivity index (χ3n) is 2.49. The van der Waals surface area contributed by atoms with Gasteiger partial charge < -0.3 is 10.4 Å². The van der Waals surface area contributed by atoms with Crippen LogP contribution >= 0.6 is 11.8 Å². The largest absolute Gasteiger partial charge is 0.396 e. The molecule has 72 valence electrons. The van der Waals surface area contributed by atoms with E-state index in [0.717, 1.165) is 18.2 Å². The molecule has 3 heteroatoms. The molecule has 2 N–H and O–H groups in total. The molecule has 0 heterocycles. The van der Waals surface area contributed by atoms with E-state index in [1.807, 2.05) is 11.8 Å². The smallest absolute Gasteiger partial charge is 0.0443 e. The predicted octanol–water partition coefficient (Wildman–Crippen LogP) is 1.24. The molecule has 0 spiro atoms. The third-order valence-corrected chi connectivity index (χ3v) is 3.58. The summed E-state index contributed by atoms with van der Waals surface area (Å²) in [5, 5.41) is 12.9. The van der Waals surface area contributed by atoms with E-state index in [2.05, 4.69) is 11.6 Å². The first-order chi connectivity index (χ1) is 5.86. The molecule has 1 saturated carbocycles. The summed E-state index contributed by atoms with van der Waals surface area (Å²) in [5.74, 6) is 0. The summed E-state index contributed by atoms with van der Waals surface area (Å²) in [5.41, 5.74) is 0. The van der Waals surface area contributed by atoms with E-state index in [9.17, 15) is 0 Å². The predicted molar refractivity (Wildman–Crippen MR) is 54.6 cm³/mol. The standard InChI is InChI=1S/C9H19NOS/c1-12-9-4-3-8(7-9)10-5-2-6-11/h8-11H,2-7H2,1H3. The fourth-order valence-electron chi connectivity index (χ4n) is 1.72. The highest BCUT2D eigenvalue weighted by atomic mass is 32.2. The second-order valence-corrected chi connectivity index (χ2v) is 4.54. The summed E-state index contributed by atoms with van der Waals surface area (Å²) in [6.45, 7) is 1.29. The number of thioether (sulfide) groups is 1. The maximum absolute atomic E-state index is 8.59. The maximum atomic E-state index is 8.59. The number of nitrogens with one attached hydrogen (secondary N) is 1. The van der Waals surface area contributed by atoms with Gasteiger partial charge >= 0.3 is 0 Å². The third kappa shape index (κ3) is 3.33. The van der Waals surface area contributed by atoms with Gasteiger partial charge in [-0.25, -0.2) is 0 Å². The Labute approximate surface area is 79.1 Å². The highest BCUT2D eigenvalue weighted by Gasteiger charge is 2.22. The van der Waals surface area contributed by atoms with Crippen molar-refractivity contribution in [3.8, 4) is 0 Å². The number of aliphatic hydroxyl groups excluding tert-OH is 1. The molecule has 1 aliphatic carbocycles. The molecule has 1 rings (SSSR count). The van der Waals surface area contributed by atoms with Crippen LogP contribution < -0.4 is 5.32 Å². The quantitative estimate of drug-likeness (QED) is 0.638. The Bertz CT molecular complexity index is 121. The Morgan fingerprint density at radius 1 is 1.50 bits per heavy atom. The number of aliphatic hydroxyl groups is 1. The molecule has 0 aromatic rings. The van der Waals surface area contributed by atoms with Crippen molar-refractivity contribution in [2.24, 2.45) is 0 Å². The van der Waals surface area contributed by atoms with Crippen molar-refractivity contribution in [2.75, 3.05) is 19.4 Å². The summed E-state index contributed by atoms with van der Waals surface area (Å²) in [7, 11) is 0. The molecular formula is C9H19NOS. The summed E-state index contributed by atoms with van der Waals surface area (Å²) in [6, 6.07) is 0.717. The molecule has 2 atom stereocenters. The van der Waals surface area contributed by atoms with Gasteiger partial charge in [0.2, 0.25) is 0 Å². The van der Waals surface area contributed by atoms with E-state index in [4.69, 9.17) is 5.11 Å². The highest BCUT2D eigenvalue weighted by Crippen LogP contribution is 2.27. The van der Waals surface area contributed by atoms with Crippen molar-refractivity contribution in [2.45, 2.75) is 37.0 Å². The van der Waals surface area contributed by atoms with Crippen molar-refractivity contribution in [1.82, 2.24) is 5.32 Å². The lowest BCUT2D eigenvalue weighted by molar-refractivity contribution is 0.283. The van der Waals surface area contributed by atoms with Crippen molar-refractivity contribution in [1.29, 1.82) is 0 Å². The molecule has 2 unspecified atom stereocenters. The molecule has 0 bridgehead atoms. The zero-order chi connectivity index (χ0) is 8.81. The van der Waals surface area contributed by atoms with Gasteiger partial charge in [-0.3, -0.25) is 0 Å². The summed E-state index contributed by atoms with van der Waals surface area (Å²) in [6.07, 6.45) is 7.07. The van der Waals surface area contributed by atoms with E-state index >= 15 is 0 Å². The van der Waals surface area contributed by atoms with Gasteiger partial charge in [-0.15, -0.1) is 0 Å². The van der Waals surface area contributed by atoms with Crippen LogP contribution in [0.3, 0.4) is 0 Å². The van der Waals surface area contributed by atoms with Crippen LogP contribution in [0.15, 0.2) is 0 Å². The van der Waals surface area contributed by atoms with Crippen LogP contribution in [0.1, 0.15) is 25.7 Å². The van der Waals surface area contributed by atoms with Crippen molar-refractivity contribution in [3.63, 3.8) is 0 Å². The van der Waals surface area contributed by atoms with Gasteiger partial charge in [0.05, 0.1) is 0 Å². The van der Waals surface area contributed by atoms with Crippen LogP contribution in [-0.4, -0.2) is 35.8 Å². The Morgan fingerprint density at radius 2 is 2.33 bits per heavy atom. The molecule has 0 aliphatic heterocycles. The molecule has 0 aromatic carbocycles. The molecule has 0 radical (unpaired) electrons. The lowest BCUT2D eigenvalue weighted by Gasteiger charge is -2.11. The van der Waals surface area contributed by atoms with Gasteiger partial charge in [0.15, 0.2) is 0 Å². The molecule has 1 fully saturated rings. The molecule has 0 aromatic heterocycles. The lowest BCUT2D eigenvalue weighted by Crippen LogP contribution is -2.28. The first-order valence-electron chi connectivity index (χ1n) is 4.74. The second kappa shape index (κ2) is 5.84. The zero-order valence-corrected chi connectivity index (χ0v) is 8.57. The van der Waals surface area contributed by atoms with E-state index in [1.54, 1.807) is 0 Å². The van der Waals surface area contributed by atoms with Crippen LogP contribution in [0.2, 0.25) is 0 Å².